The van der Waals surface area contributed by atoms with Crippen LogP contribution in [0, 0.1) is 5.92 Å². The molecule has 0 radical (unpaired) electrons. The van der Waals surface area contributed by atoms with Gasteiger partial charge in [0.15, 0.2) is 0 Å². The number of nitrogens with one attached hydrogen (secondary N) is 1. The van der Waals surface area contributed by atoms with Crippen LogP contribution >= 0.6 is 11.6 Å². The van der Waals surface area contributed by atoms with Gasteiger partial charge in [-0.1, -0.05) is 29.8 Å². The van der Waals surface area contributed by atoms with Gasteiger partial charge in [-0.25, -0.2) is 4.79 Å². The molecule has 0 aromatic heterocycles. The molecule has 5 nitrogen and oxygen atoms in total. The SMILES string of the molecule is O=C(NC1(C(=O)O)CCOCC1)C1CC1c1ccccc1Cl. The summed E-state index contributed by atoms with van der Waals surface area (Å²) in [7, 11) is 0. The van der Waals surface area contributed by atoms with Crippen molar-refractivity contribution in [1.82, 2.24) is 5.32 Å². The number of benzene rings is 1. The molecule has 2 aliphatic rings. The van der Waals surface area contributed by atoms with Crippen LogP contribution in [0.3, 0.4) is 0 Å². The van der Waals surface area contributed by atoms with Crippen LogP contribution in [0.4, 0.5) is 0 Å². The number of rotatable bonds is 4. The van der Waals surface area contributed by atoms with Crippen molar-refractivity contribution in [3.63, 3.8) is 0 Å². The van der Waals surface area contributed by atoms with E-state index in [2.05, 4.69) is 5.32 Å². The number of aliphatic carboxylic acids is 1. The summed E-state index contributed by atoms with van der Waals surface area (Å²) in [5, 5.41) is 12.9. The zero-order chi connectivity index (χ0) is 15.7. The van der Waals surface area contributed by atoms with Gasteiger partial charge in [-0.15, -0.1) is 0 Å². The highest BCUT2D eigenvalue weighted by Crippen LogP contribution is 2.49. The fourth-order valence-corrected chi connectivity index (χ4v) is 3.32. The van der Waals surface area contributed by atoms with Crippen molar-refractivity contribution in [3.05, 3.63) is 34.9 Å². The Morgan fingerprint density at radius 1 is 1.27 bits per heavy atom. The molecule has 1 aromatic carbocycles. The highest BCUT2D eigenvalue weighted by molar-refractivity contribution is 6.31. The smallest absolute Gasteiger partial charge is 0.329 e. The van der Waals surface area contributed by atoms with Crippen LogP contribution in [0.2, 0.25) is 5.02 Å². The van der Waals surface area contributed by atoms with Crippen LogP contribution < -0.4 is 5.32 Å². The summed E-state index contributed by atoms with van der Waals surface area (Å²) >= 11 is 6.16. The van der Waals surface area contributed by atoms with Gasteiger partial charge in [-0.3, -0.25) is 4.79 Å². The minimum atomic E-state index is -1.19. The maximum atomic E-state index is 12.4. The number of carboxylic acids is 1. The number of carboxylic acid groups (broad SMARTS) is 1. The van der Waals surface area contributed by atoms with Gasteiger partial charge in [0, 0.05) is 37.0 Å². The quantitative estimate of drug-likeness (QED) is 0.890. The van der Waals surface area contributed by atoms with Crippen LogP contribution in [-0.4, -0.2) is 35.7 Å². The number of amides is 1. The molecule has 6 heteroatoms. The first-order chi connectivity index (χ1) is 10.5. The predicted molar refractivity (Wildman–Crippen MR) is 80.9 cm³/mol. The number of hydrogen-bond acceptors (Lipinski definition) is 3. The lowest BCUT2D eigenvalue weighted by atomic mass is 9.89. The van der Waals surface area contributed by atoms with E-state index in [1.165, 1.54) is 0 Å². The van der Waals surface area contributed by atoms with Gasteiger partial charge in [0.05, 0.1) is 0 Å². The van der Waals surface area contributed by atoms with Crippen molar-refractivity contribution < 1.29 is 19.4 Å². The second-order valence-corrected chi connectivity index (χ2v) is 6.37. The molecule has 0 bridgehead atoms. The lowest BCUT2D eigenvalue weighted by Gasteiger charge is -2.34. The normalized spacial score (nSPS) is 26.2. The molecule has 118 valence electrons. The summed E-state index contributed by atoms with van der Waals surface area (Å²) in [5.74, 6) is -1.30. The highest BCUT2D eigenvalue weighted by Gasteiger charge is 2.49. The molecule has 1 heterocycles. The summed E-state index contributed by atoms with van der Waals surface area (Å²) in [4.78, 5) is 24.0. The fraction of sp³-hybridized carbons (Fsp3) is 0.500. The lowest BCUT2D eigenvalue weighted by Crippen LogP contribution is -2.57. The van der Waals surface area contributed by atoms with E-state index >= 15 is 0 Å². The Morgan fingerprint density at radius 2 is 1.95 bits per heavy atom. The molecule has 1 amide bonds. The predicted octanol–water partition coefficient (Wildman–Crippen LogP) is 2.19. The van der Waals surface area contributed by atoms with Crippen LogP contribution in [0.25, 0.3) is 0 Å². The average Bonchev–Trinajstić information content (AvgIpc) is 3.29. The van der Waals surface area contributed by atoms with Gasteiger partial charge in [-0.2, -0.15) is 0 Å². The molecular weight excluding hydrogens is 306 g/mol. The van der Waals surface area contributed by atoms with Crippen LogP contribution in [-0.2, 0) is 14.3 Å². The van der Waals surface area contributed by atoms with Crippen molar-refractivity contribution in [2.75, 3.05) is 13.2 Å². The Hall–Kier alpha value is -1.59. The maximum Gasteiger partial charge on any atom is 0.329 e. The molecule has 2 unspecified atom stereocenters. The second-order valence-electron chi connectivity index (χ2n) is 5.96. The Bertz CT molecular complexity index is 598. The standard InChI is InChI=1S/C16H18ClNO4/c17-13-4-2-1-3-10(13)11-9-12(11)14(19)18-16(15(20)21)5-7-22-8-6-16/h1-4,11-12H,5-9H2,(H,18,19)(H,20,21). The van der Waals surface area contributed by atoms with Crippen LogP contribution in [0.1, 0.15) is 30.7 Å². The minimum Gasteiger partial charge on any atom is -0.480 e. The van der Waals surface area contributed by atoms with Gasteiger partial charge in [0.2, 0.25) is 5.91 Å². The molecule has 1 aromatic rings. The van der Waals surface area contributed by atoms with E-state index in [-0.39, 0.29) is 17.7 Å². The topological polar surface area (TPSA) is 75.6 Å². The van der Waals surface area contributed by atoms with E-state index in [0.717, 1.165) is 5.56 Å². The van der Waals surface area contributed by atoms with E-state index in [9.17, 15) is 14.7 Å². The van der Waals surface area contributed by atoms with Gasteiger partial charge >= 0.3 is 5.97 Å². The molecular formula is C16H18ClNO4. The second kappa shape index (κ2) is 5.89. The number of halogens is 1. The van der Waals surface area contributed by atoms with Crippen LogP contribution in [0.15, 0.2) is 24.3 Å². The van der Waals surface area contributed by atoms with Crippen molar-refractivity contribution in [2.45, 2.75) is 30.7 Å². The third-order valence-corrected chi connectivity index (χ3v) is 4.89. The zero-order valence-electron chi connectivity index (χ0n) is 12.0. The number of carbonyl (C=O) groups excluding carboxylic acids is 1. The van der Waals surface area contributed by atoms with E-state index in [0.29, 0.717) is 37.5 Å². The Kier molecular flexibility index (Phi) is 4.10. The fourth-order valence-electron chi connectivity index (χ4n) is 3.05. The summed E-state index contributed by atoms with van der Waals surface area (Å²) in [6, 6.07) is 7.47. The van der Waals surface area contributed by atoms with Gasteiger partial charge in [-0.05, 0) is 24.0 Å². The molecule has 1 saturated carbocycles. The summed E-state index contributed by atoms with van der Waals surface area (Å²) in [6.07, 6.45) is 1.32. The highest BCUT2D eigenvalue weighted by atomic mass is 35.5. The number of hydrogen-bond donors (Lipinski definition) is 2. The molecule has 2 N–H and O–H groups in total. The third kappa shape index (κ3) is 2.83. The van der Waals surface area contributed by atoms with E-state index in [1.807, 2.05) is 18.2 Å². The molecule has 0 spiro atoms. The summed E-state index contributed by atoms with van der Waals surface area (Å²) < 4.78 is 5.21. The Morgan fingerprint density at radius 3 is 2.59 bits per heavy atom. The maximum absolute atomic E-state index is 12.4. The molecule has 2 fully saturated rings. The third-order valence-electron chi connectivity index (χ3n) is 4.55. The summed E-state index contributed by atoms with van der Waals surface area (Å²) in [5.41, 5.74) is -0.233. The molecule has 1 saturated heterocycles. The minimum absolute atomic E-state index is 0.0828. The van der Waals surface area contributed by atoms with Crippen molar-refractivity contribution in [1.29, 1.82) is 0 Å². The van der Waals surface area contributed by atoms with E-state index in [4.69, 9.17) is 16.3 Å². The van der Waals surface area contributed by atoms with E-state index in [1.54, 1.807) is 6.07 Å². The number of ether oxygens (including phenoxy) is 1. The largest absolute Gasteiger partial charge is 0.480 e. The lowest BCUT2D eigenvalue weighted by molar-refractivity contribution is -0.152. The van der Waals surface area contributed by atoms with Crippen molar-refractivity contribution in [2.24, 2.45) is 5.92 Å². The van der Waals surface area contributed by atoms with E-state index < -0.39 is 11.5 Å². The summed E-state index contributed by atoms with van der Waals surface area (Å²) in [6.45, 7) is 0.705. The van der Waals surface area contributed by atoms with Gasteiger partial charge in [0.1, 0.15) is 5.54 Å². The monoisotopic (exact) mass is 323 g/mol. The molecule has 3 rings (SSSR count). The first kappa shape index (κ1) is 15.3. The molecule has 2 atom stereocenters. The van der Waals surface area contributed by atoms with Crippen molar-refractivity contribution in [3.8, 4) is 0 Å². The van der Waals surface area contributed by atoms with Gasteiger partial charge < -0.3 is 15.2 Å². The molecule has 1 aliphatic carbocycles. The first-order valence-electron chi connectivity index (χ1n) is 7.41. The number of carbonyl (C=O) groups is 2. The Labute approximate surface area is 133 Å². The molecule has 1 aliphatic heterocycles. The Balaban J connectivity index is 1.68. The first-order valence-corrected chi connectivity index (χ1v) is 7.79. The molecule has 22 heavy (non-hydrogen) atoms. The zero-order valence-corrected chi connectivity index (χ0v) is 12.8. The van der Waals surface area contributed by atoms with Gasteiger partial charge in [0.25, 0.3) is 0 Å². The van der Waals surface area contributed by atoms with Crippen molar-refractivity contribution >= 4 is 23.5 Å². The van der Waals surface area contributed by atoms with Crippen LogP contribution in [0.5, 0.6) is 0 Å². The average molecular weight is 324 g/mol.